The van der Waals surface area contributed by atoms with Gasteiger partial charge in [0, 0.05) is 32.7 Å². The number of carbonyl (C=O) groups is 1. The summed E-state index contributed by atoms with van der Waals surface area (Å²) in [4.78, 5) is 27.4. The lowest BCUT2D eigenvalue weighted by Gasteiger charge is -2.33. The second-order valence-corrected chi connectivity index (χ2v) is 7.36. The van der Waals surface area contributed by atoms with Crippen molar-refractivity contribution in [3.05, 3.63) is 42.6 Å². The molecule has 9 nitrogen and oxygen atoms in total. The van der Waals surface area contributed by atoms with Crippen LogP contribution in [-0.4, -0.2) is 65.9 Å². The number of carbonyl (C=O) groups excluding carboxylic acids is 1. The van der Waals surface area contributed by atoms with Crippen molar-refractivity contribution in [3.63, 3.8) is 0 Å². The number of piperazine rings is 1. The van der Waals surface area contributed by atoms with E-state index < -0.39 is 0 Å². The van der Waals surface area contributed by atoms with Crippen LogP contribution < -0.4 is 16.4 Å². The number of hydrogen-bond acceptors (Lipinski definition) is 9. The highest BCUT2D eigenvalue weighted by Gasteiger charge is 2.16. The maximum Gasteiger partial charge on any atom is 0.292 e. The standard InChI is InChI=1S/C20H20N6O.C2H5NO/c1-25-6-8-26(9-7-25)19-12-22-15-4-2-13(10-16(15)23-19)14-3-5-18-17(11-14)24-20(21)27-18;3-1-2-4/h2-5,10-12H,6-9H2,1H3,(H2,21,24);2H,1,3H2. The van der Waals surface area contributed by atoms with Gasteiger partial charge in [0.25, 0.3) is 6.01 Å². The summed E-state index contributed by atoms with van der Waals surface area (Å²) in [5.74, 6) is 0.937. The number of aldehydes is 1. The number of oxazole rings is 1. The first-order chi connectivity index (χ1) is 15.1. The average molecular weight is 419 g/mol. The van der Waals surface area contributed by atoms with Crippen LogP contribution in [0.15, 0.2) is 47.0 Å². The number of nitrogen functional groups attached to an aromatic ring is 1. The van der Waals surface area contributed by atoms with E-state index in [2.05, 4.69) is 44.7 Å². The SMILES string of the molecule is CN1CCN(c2cnc3ccc(-c4ccc5oc(N)nc5c4)cc3n2)CC1.NCC=O. The third-order valence-corrected chi connectivity index (χ3v) is 5.19. The number of nitrogens with zero attached hydrogens (tertiary/aromatic N) is 5. The van der Waals surface area contributed by atoms with Gasteiger partial charge in [-0.15, -0.1) is 0 Å². The second-order valence-electron chi connectivity index (χ2n) is 7.36. The molecule has 9 heteroatoms. The Morgan fingerprint density at radius 2 is 1.68 bits per heavy atom. The lowest BCUT2D eigenvalue weighted by atomic mass is 10.0. The van der Waals surface area contributed by atoms with Gasteiger partial charge in [-0.3, -0.25) is 4.98 Å². The molecule has 3 heterocycles. The van der Waals surface area contributed by atoms with Crippen molar-refractivity contribution >= 4 is 40.3 Å². The summed E-state index contributed by atoms with van der Waals surface area (Å²) >= 11 is 0. The van der Waals surface area contributed by atoms with E-state index in [1.165, 1.54) is 0 Å². The van der Waals surface area contributed by atoms with E-state index in [-0.39, 0.29) is 12.6 Å². The Morgan fingerprint density at radius 3 is 2.39 bits per heavy atom. The minimum atomic E-state index is 0.139. The minimum Gasteiger partial charge on any atom is -0.424 e. The van der Waals surface area contributed by atoms with Crippen LogP contribution in [0, 0.1) is 0 Å². The van der Waals surface area contributed by atoms with E-state index in [1.54, 1.807) is 0 Å². The molecule has 31 heavy (non-hydrogen) atoms. The highest BCUT2D eigenvalue weighted by Crippen LogP contribution is 2.28. The maximum absolute atomic E-state index is 9.05. The van der Waals surface area contributed by atoms with Crippen LogP contribution in [0.5, 0.6) is 0 Å². The van der Waals surface area contributed by atoms with Crippen LogP contribution in [0.2, 0.25) is 0 Å². The molecule has 0 amide bonds. The van der Waals surface area contributed by atoms with Gasteiger partial charge in [0.15, 0.2) is 5.58 Å². The summed E-state index contributed by atoms with van der Waals surface area (Å²) in [6.45, 7) is 4.17. The topological polar surface area (TPSA) is 127 Å². The molecule has 0 aliphatic carbocycles. The van der Waals surface area contributed by atoms with E-state index in [0.29, 0.717) is 11.9 Å². The van der Waals surface area contributed by atoms with Gasteiger partial charge >= 0.3 is 0 Å². The third-order valence-electron chi connectivity index (χ3n) is 5.19. The molecular formula is C22H25N7O2. The van der Waals surface area contributed by atoms with Gasteiger partial charge in [-0.25, -0.2) is 4.98 Å². The maximum atomic E-state index is 9.05. The van der Waals surface area contributed by atoms with Crippen molar-refractivity contribution in [1.82, 2.24) is 19.9 Å². The number of hydrogen-bond donors (Lipinski definition) is 2. The smallest absolute Gasteiger partial charge is 0.292 e. The van der Waals surface area contributed by atoms with Gasteiger partial charge in [0.1, 0.15) is 17.6 Å². The fourth-order valence-corrected chi connectivity index (χ4v) is 3.49. The van der Waals surface area contributed by atoms with Crippen molar-refractivity contribution in [2.45, 2.75) is 0 Å². The monoisotopic (exact) mass is 419 g/mol. The minimum absolute atomic E-state index is 0.139. The van der Waals surface area contributed by atoms with E-state index in [0.717, 1.165) is 59.7 Å². The highest BCUT2D eigenvalue weighted by atomic mass is 16.4. The number of likely N-dealkylation sites (N-methyl/N-ethyl adjacent to an activating group) is 1. The fraction of sp³-hybridized carbons (Fsp3) is 0.273. The molecule has 1 aliphatic heterocycles. The molecule has 1 aliphatic rings. The fourth-order valence-electron chi connectivity index (χ4n) is 3.49. The first-order valence-electron chi connectivity index (χ1n) is 10.1. The predicted octanol–water partition coefficient (Wildman–Crippen LogP) is 1.92. The molecule has 160 valence electrons. The molecular weight excluding hydrogens is 394 g/mol. The largest absolute Gasteiger partial charge is 0.424 e. The molecule has 0 atom stereocenters. The molecule has 0 saturated carbocycles. The van der Waals surface area contributed by atoms with Gasteiger partial charge in [-0.1, -0.05) is 12.1 Å². The first kappa shape index (κ1) is 20.7. The summed E-state index contributed by atoms with van der Waals surface area (Å²) < 4.78 is 5.35. The molecule has 1 saturated heterocycles. The summed E-state index contributed by atoms with van der Waals surface area (Å²) in [5.41, 5.74) is 15.6. The van der Waals surface area contributed by atoms with Crippen LogP contribution in [0.3, 0.4) is 0 Å². The van der Waals surface area contributed by atoms with Crippen molar-refractivity contribution < 1.29 is 9.21 Å². The van der Waals surface area contributed by atoms with E-state index >= 15 is 0 Å². The Morgan fingerprint density at radius 1 is 1.00 bits per heavy atom. The van der Waals surface area contributed by atoms with Crippen LogP contribution in [0.1, 0.15) is 0 Å². The van der Waals surface area contributed by atoms with Gasteiger partial charge in [-0.05, 0) is 42.4 Å². The molecule has 5 rings (SSSR count). The zero-order chi connectivity index (χ0) is 21.8. The summed E-state index contributed by atoms with van der Waals surface area (Å²) in [6.07, 6.45) is 2.53. The van der Waals surface area contributed by atoms with E-state index in [9.17, 15) is 0 Å². The Balaban J connectivity index is 0.000000535. The van der Waals surface area contributed by atoms with Crippen LogP contribution in [0.25, 0.3) is 33.3 Å². The number of anilines is 2. The predicted molar refractivity (Wildman–Crippen MR) is 122 cm³/mol. The number of aromatic nitrogens is 3. The molecule has 0 spiro atoms. The Labute approximate surface area is 179 Å². The van der Waals surface area contributed by atoms with E-state index in [4.69, 9.17) is 19.9 Å². The molecule has 0 radical (unpaired) electrons. The highest BCUT2D eigenvalue weighted by molar-refractivity contribution is 5.86. The quantitative estimate of drug-likeness (QED) is 0.479. The second kappa shape index (κ2) is 9.07. The van der Waals surface area contributed by atoms with E-state index in [1.807, 2.05) is 30.5 Å². The van der Waals surface area contributed by atoms with Crippen molar-refractivity contribution in [2.24, 2.45) is 5.73 Å². The van der Waals surface area contributed by atoms with Gasteiger partial charge < -0.3 is 30.5 Å². The lowest BCUT2D eigenvalue weighted by molar-refractivity contribution is -0.106. The average Bonchev–Trinajstić information content (AvgIpc) is 3.18. The van der Waals surface area contributed by atoms with Gasteiger partial charge in [0.2, 0.25) is 0 Å². The number of fused-ring (bicyclic) bond motifs is 2. The van der Waals surface area contributed by atoms with Gasteiger partial charge in [0.05, 0.1) is 17.2 Å². The third kappa shape index (κ3) is 4.62. The molecule has 1 fully saturated rings. The zero-order valence-corrected chi connectivity index (χ0v) is 17.4. The zero-order valence-electron chi connectivity index (χ0n) is 17.4. The number of nitrogens with two attached hydrogens (primary N) is 2. The van der Waals surface area contributed by atoms with Crippen LogP contribution in [-0.2, 0) is 4.79 Å². The first-order valence-corrected chi connectivity index (χ1v) is 10.1. The molecule has 4 aromatic rings. The van der Waals surface area contributed by atoms with Gasteiger partial charge in [-0.2, -0.15) is 4.98 Å². The molecule has 2 aromatic heterocycles. The van der Waals surface area contributed by atoms with Crippen molar-refractivity contribution in [3.8, 4) is 11.1 Å². The van der Waals surface area contributed by atoms with Crippen molar-refractivity contribution in [1.29, 1.82) is 0 Å². The normalized spacial score (nSPS) is 14.5. The summed E-state index contributed by atoms with van der Waals surface area (Å²) in [5, 5.41) is 0. The van der Waals surface area contributed by atoms with Crippen LogP contribution >= 0.6 is 0 Å². The number of benzene rings is 2. The molecule has 2 aromatic carbocycles. The number of rotatable bonds is 3. The summed E-state index contributed by atoms with van der Waals surface area (Å²) in [7, 11) is 2.15. The Hall–Kier alpha value is -3.56. The molecule has 4 N–H and O–H groups in total. The Kier molecular flexibility index (Phi) is 6.06. The molecule has 0 bridgehead atoms. The molecule has 0 unspecified atom stereocenters. The van der Waals surface area contributed by atoms with Crippen molar-refractivity contribution in [2.75, 3.05) is 50.4 Å². The van der Waals surface area contributed by atoms with Crippen LogP contribution in [0.4, 0.5) is 11.8 Å². The summed E-state index contributed by atoms with van der Waals surface area (Å²) in [6, 6.07) is 12.2. The lowest BCUT2D eigenvalue weighted by Crippen LogP contribution is -2.44. The Bertz CT molecular complexity index is 1200.